The zero-order chi connectivity index (χ0) is 36.7. The number of sulfonamides is 1. The molecule has 3 fully saturated rings. The number of amides is 3. The number of carbonyl (C=O) groups is 4. The second kappa shape index (κ2) is 14.2. The van der Waals surface area contributed by atoms with E-state index in [0.29, 0.717) is 48.5 Å². The van der Waals surface area contributed by atoms with Crippen molar-refractivity contribution in [3.8, 4) is 5.88 Å². The van der Waals surface area contributed by atoms with Crippen molar-refractivity contribution in [1.82, 2.24) is 29.9 Å². The Kier molecular flexibility index (Phi) is 9.47. The molecule has 53 heavy (non-hydrogen) atoms. The molecule has 4 aromatic rings. The number of carbonyl (C=O) groups excluding carboxylic acids is 4. The quantitative estimate of drug-likeness (QED) is 0.202. The number of Topliss-reactive ketones (excluding diaryl/α,β-unsaturated/α-hetero) is 1. The number of nitrogens with one attached hydrogen (secondary N) is 2. The summed E-state index contributed by atoms with van der Waals surface area (Å²) in [5.41, 5.74) is 0.796. The average molecular weight is 757 g/mol. The third-order valence-corrected chi connectivity index (χ3v) is 13.5. The van der Waals surface area contributed by atoms with Crippen LogP contribution in [0.3, 0.4) is 0 Å². The van der Waals surface area contributed by atoms with E-state index in [1.54, 1.807) is 11.7 Å². The number of nitrogens with zero attached hydrogens (tertiary/aromatic N) is 4. The lowest BCUT2D eigenvalue weighted by Gasteiger charge is -2.29. The normalized spacial score (nSPS) is 27.3. The molecule has 3 amide bonds. The summed E-state index contributed by atoms with van der Waals surface area (Å²) in [5, 5.41) is 4.82. The molecule has 5 atom stereocenters. The molecule has 15 heteroatoms. The van der Waals surface area contributed by atoms with Crippen LogP contribution in [0, 0.1) is 11.3 Å². The molecule has 5 heterocycles. The van der Waals surface area contributed by atoms with Crippen LogP contribution in [0.15, 0.2) is 66.5 Å². The van der Waals surface area contributed by atoms with Gasteiger partial charge in [0, 0.05) is 29.8 Å². The first-order chi connectivity index (χ1) is 25.6. The fraction of sp³-hybridized carbons (Fsp3) is 0.447. The lowest BCUT2D eigenvalue weighted by atomic mass is 9.91. The summed E-state index contributed by atoms with van der Waals surface area (Å²) in [6.45, 7) is 0.0387. The first-order valence-corrected chi connectivity index (χ1v) is 20.6. The zero-order valence-corrected chi connectivity index (χ0v) is 30.6. The van der Waals surface area contributed by atoms with E-state index in [-0.39, 0.29) is 31.1 Å². The molecule has 2 aliphatic carbocycles. The number of aromatic nitrogens is 3. The monoisotopic (exact) mass is 756 g/mol. The second-order valence-electron chi connectivity index (χ2n) is 14.6. The molecule has 1 saturated heterocycles. The van der Waals surface area contributed by atoms with E-state index < -0.39 is 56.6 Å². The van der Waals surface area contributed by atoms with Crippen LogP contribution in [0.4, 0.5) is 0 Å². The smallest absolute Gasteiger partial charge is 0.263 e. The maximum Gasteiger partial charge on any atom is 0.263 e. The van der Waals surface area contributed by atoms with Gasteiger partial charge in [-0.25, -0.2) is 13.4 Å². The van der Waals surface area contributed by atoms with Crippen LogP contribution >= 0.6 is 11.3 Å². The summed E-state index contributed by atoms with van der Waals surface area (Å²) in [6, 6.07) is 9.55. The first-order valence-electron chi connectivity index (χ1n) is 18.2. The van der Waals surface area contributed by atoms with E-state index in [1.807, 2.05) is 48.6 Å². The van der Waals surface area contributed by atoms with Crippen molar-refractivity contribution in [2.45, 2.75) is 87.6 Å². The van der Waals surface area contributed by atoms with E-state index in [2.05, 4.69) is 20.0 Å². The molecule has 0 unspecified atom stereocenters. The van der Waals surface area contributed by atoms with Crippen molar-refractivity contribution in [1.29, 1.82) is 0 Å². The summed E-state index contributed by atoms with van der Waals surface area (Å²) >= 11 is 1.17. The van der Waals surface area contributed by atoms with Gasteiger partial charge in [-0.2, -0.15) is 4.98 Å². The van der Waals surface area contributed by atoms with Crippen LogP contribution in [-0.4, -0.2) is 81.8 Å². The number of benzene rings is 1. The fourth-order valence-corrected chi connectivity index (χ4v) is 9.66. The van der Waals surface area contributed by atoms with Gasteiger partial charge in [0.05, 0.1) is 35.0 Å². The molecule has 4 aliphatic rings. The molecule has 3 aromatic heterocycles. The van der Waals surface area contributed by atoms with Crippen LogP contribution in [0.25, 0.3) is 21.8 Å². The Hall–Kier alpha value is -4.76. The summed E-state index contributed by atoms with van der Waals surface area (Å²) in [7, 11) is -3.85. The first kappa shape index (κ1) is 35.3. The highest BCUT2D eigenvalue weighted by Gasteiger charge is 2.61. The molecule has 2 aliphatic heterocycles. The van der Waals surface area contributed by atoms with E-state index in [1.165, 1.54) is 22.4 Å². The molecule has 13 nitrogen and oxygen atoms in total. The lowest BCUT2D eigenvalue weighted by Crippen LogP contribution is -2.52. The maximum atomic E-state index is 14.6. The van der Waals surface area contributed by atoms with Crippen LogP contribution < -0.4 is 14.8 Å². The number of hydrogen-bond acceptors (Lipinski definition) is 11. The third-order valence-electron chi connectivity index (χ3n) is 10.9. The summed E-state index contributed by atoms with van der Waals surface area (Å²) in [4.78, 5) is 71.1. The molecule has 276 valence electrons. The van der Waals surface area contributed by atoms with Crippen LogP contribution in [0.2, 0.25) is 0 Å². The minimum absolute atomic E-state index is 0.0387. The SMILES string of the molecule is O=C(N[C@H]1CCCCC/C=C\[C@@H]2C[C@@]2(C(=O)NS(=O)(=O)C2CC2)CC(=O)[C@@H]2C[C@@H](Oc3nc4ncccc4c4ccccc34)CN2C1=O)c1cncs1. The Labute approximate surface area is 310 Å². The topological polar surface area (TPSA) is 178 Å². The Morgan fingerprint density at radius 2 is 1.81 bits per heavy atom. The van der Waals surface area contributed by atoms with E-state index in [0.717, 1.165) is 35.4 Å². The van der Waals surface area contributed by atoms with E-state index in [4.69, 9.17) is 9.72 Å². The molecule has 2 N–H and O–H groups in total. The Morgan fingerprint density at radius 1 is 1.00 bits per heavy atom. The number of fused-ring (bicyclic) bond motifs is 5. The van der Waals surface area contributed by atoms with Gasteiger partial charge in [-0.05, 0) is 68.0 Å². The molecular formula is C38H40N6O7S2. The maximum absolute atomic E-state index is 14.6. The number of ether oxygens (including phenoxy) is 1. The summed E-state index contributed by atoms with van der Waals surface area (Å²) < 4.78 is 34.6. The minimum atomic E-state index is -3.85. The molecule has 0 spiro atoms. The largest absolute Gasteiger partial charge is 0.472 e. The van der Waals surface area contributed by atoms with Gasteiger partial charge in [0.15, 0.2) is 11.4 Å². The summed E-state index contributed by atoms with van der Waals surface area (Å²) in [5.74, 6) is -1.86. The average Bonchev–Trinajstić information content (AvgIpc) is 4.01. The lowest BCUT2D eigenvalue weighted by molar-refractivity contribution is -0.140. The number of hydrogen-bond donors (Lipinski definition) is 2. The van der Waals surface area contributed by atoms with Crippen molar-refractivity contribution in [2.24, 2.45) is 11.3 Å². The minimum Gasteiger partial charge on any atom is -0.472 e. The Balaban J connectivity index is 1.12. The number of rotatable bonds is 7. The van der Waals surface area contributed by atoms with E-state index >= 15 is 0 Å². The van der Waals surface area contributed by atoms with Crippen LogP contribution in [0.1, 0.15) is 73.9 Å². The van der Waals surface area contributed by atoms with Crippen LogP contribution in [0.5, 0.6) is 5.88 Å². The Bertz CT molecular complexity index is 2220. The van der Waals surface area contributed by atoms with Crippen molar-refractivity contribution in [3.63, 3.8) is 0 Å². The van der Waals surface area contributed by atoms with Gasteiger partial charge in [0.1, 0.15) is 17.0 Å². The van der Waals surface area contributed by atoms with Gasteiger partial charge in [-0.15, -0.1) is 11.3 Å². The molecule has 1 aromatic carbocycles. The van der Waals surface area contributed by atoms with Crippen molar-refractivity contribution in [2.75, 3.05) is 6.54 Å². The number of allylic oxidation sites excluding steroid dienone is 2. The highest BCUT2D eigenvalue weighted by molar-refractivity contribution is 7.90. The van der Waals surface area contributed by atoms with Crippen molar-refractivity contribution >= 4 is 66.7 Å². The van der Waals surface area contributed by atoms with Gasteiger partial charge in [0.25, 0.3) is 5.91 Å². The number of thiazole rings is 1. The molecule has 0 radical (unpaired) electrons. The van der Waals surface area contributed by atoms with Gasteiger partial charge < -0.3 is 15.0 Å². The highest BCUT2D eigenvalue weighted by atomic mass is 32.2. The zero-order valence-electron chi connectivity index (χ0n) is 29.0. The predicted octanol–water partition coefficient (Wildman–Crippen LogP) is 4.48. The van der Waals surface area contributed by atoms with Gasteiger partial charge in [0.2, 0.25) is 27.7 Å². The van der Waals surface area contributed by atoms with Gasteiger partial charge in [-0.3, -0.25) is 28.9 Å². The number of pyridine rings is 2. The van der Waals surface area contributed by atoms with E-state index in [9.17, 15) is 27.6 Å². The molecule has 0 bridgehead atoms. The van der Waals surface area contributed by atoms with Crippen molar-refractivity contribution in [3.05, 3.63) is 71.3 Å². The Morgan fingerprint density at radius 3 is 2.60 bits per heavy atom. The van der Waals surface area contributed by atoms with Crippen molar-refractivity contribution < 1.29 is 32.3 Å². The van der Waals surface area contributed by atoms with Gasteiger partial charge >= 0.3 is 0 Å². The summed E-state index contributed by atoms with van der Waals surface area (Å²) in [6.07, 6.45) is 11.0. The molecular weight excluding hydrogens is 717 g/mol. The highest BCUT2D eigenvalue weighted by Crippen LogP contribution is 2.57. The fourth-order valence-electron chi connectivity index (χ4n) is 7.75. The molecule has 8 rings (SSSR count). The standard InChI is InChI=1S/C38H40N6O7S2/c45-31-19-38(37(48)43-53(49,50)25-14-15-25)18-23(38)9-4-2-1-3-5-13-29(41-34(46)32-20-39-22-52-32)36(47)44-21-24(17-30(31)44)51-35-28-11-7-6-10-26(28)27-12-8-16-40-33(27)42-35/h4,6-12,16,20,22-25,29-30H,1-3,5,13-15,17-19,21H2,(H,41,46)(H,43,48)/b9-4-/t23-,24-,29+,30+,38-/m1/s1. The third kappa shape index (κ3) is 7.16. The van der Waals surface area contributed by atoms with Gasteiger partial charge in [-0.1, -0.05) is 43.2 Å². The molecule has 2 saturated carbocycles. The van der Waals surface area contributed by atoms with Crippen LogP contribution in [-0.2, 0) is 24.4 Å². The number of ketones is 1. The second-order valence-corrected chi connectivity index (χ2v) is 17.4. The predicted molar refractivity (Wildman–Crippen MR) is 197 cm³/mol.